The first-order valence-corrected chi connectivity index (χ1v) is 4.00. The number of primary amides is 1. The summed E-state index contributed by atoms with van der Waals surface area (Å²) in [5, 5.41) is 17.7. The fourth-order valence-electron chi connectivity index (χ4n) is 0.588. The van der Waals surface area contributed by atoms with E-state index in [0.717, 1.165) is 0 Å². The van der Waals surface area contributed by atoms with Crippen LogP contribution in [0.2, 0.25) is 0 Å². The van der Waals surface area contributed by atoms with Crippen molar-refractivity contribution < 1.29 is 29.3 Å². The Hall–Kier alpha value is -1.60. The molecule has 0 rings (SSSR count). The highest BCUT2D eigenvalue weighted by Crippen LogP contribution is 2.05. The summed E-state index contributed by atoms with van der Waals surface area (Å²) in [5.41, 5.74) is 4.72. The van der Waals surface area contributed by atoms with Gasteiger partial charge in [0, 0.05) is 5.57 Å². The zero-order chi connectivity index (χ0) is 12.0. The standard InChI is InChI=1S/C8H13NO6/c1-4(2)6(12)14-7(5(11)3-10)15-8(9)13/h5,7,10-11H,1,3H2,2H3,(H2,9,13). The molecule has 7 heteroatoms. The van der Waals surface area contributed by atoms with E-state index in [1.165, 1.54) is 6.92 Å². The Labute approximate surface area is 86.1 Å². The second-order valence-electron chi connectivity index (χ2n) is 2.74. The summed E-state index contributed by atoms with van der Waals surface area (Å²) in [6.45, 7) is 3.90. The van der Waals surface area contributed by atoms with Crippen LogP contribution in [0.1, 0.15) is 6.92 Å². The van der Waals surface area contributed by atoms with Gasteiger partial charge in [-0.1, -0.05) is 6.58 Å². The lowest BCUT2D eigenvalue weighted by Gasteiger charge is -2.20. The van der Waals surface area contributed by atoms with Crippen LogP contribution in [0.4, 0.5) is 4.79 Å². The molecule has 0 saturated heterocycles. The fourth-order valence-corrected chi connectivity index (χ4v) is 0.588. The van der Waals surface area contributed by atoms with Crippen LogP contribution in [0.3, 0.4) is 0 Å². The Kier molecular flexibility index (Phi) is 5.35. The molecule has 0 aromatic carbocycles. The minimum atomic E-state index is -1.64. The number of hydrogen-bond donors (Lipinski definition) is 3. The molecule has 2 atom stereocenters. The van der Waals surface area contributed by atoms with Crippen LogP contribution in [0, 0.1) is 0 Å². The molecule has 86 valence electrons. The summed E-state index contributed by atoms with van der Waals surface area (Å²) >= 11 is 0. The van der Waals surface area contributed by atoms with Gasteiger partial charge in [-0.05, 0) is 6.92 Å². The molecule has 15 heavy (non-hydrogen) atoms. The Morgan fingerprint density at radius 2 is 2.00 bits per heavy atom. The Bertz CT molecular complexity index is 264. The van der Waals surface area contributed by atoms with Crippen molar-refractivity contribution in [3.63, 3.8) is 0 Å². The molecule has 0 aromatic rings. The highest BCUT2D eigenvalue weighted by Gasteiger charge is 2.26. The van der Waals surface area contributed by atoms with Gasteiger partial charge in [0.25, 0.3) is 6.29 Å². The first-order chi connectivity index (χ1) is 6.88. The molecule has 1 amide bonds. The lowest BCUT2D eigenvalue weighted by Crippen LogP contribution is -2.39. The summed E-state index contributed by atoms with van der Waals surface area (Å²) < 4.78 is 8.77. The molecule has 0 aliphatic carbocycles. The van der Waals surface area contributed by atoms with Gasteiger partial charge in [-0.2, -0.15) is 0 Å². The molecule has 0 bridgehead atoms. The van der Waals surface area contributed by atoms with E-state index >= 15 is 0 Å². The van der Waals surface area contributed by atoms with Gasteiger partial charge in [-0.3, -0.25) is 0 Å². The van der Waals surface area contributed by atoms with Crippen molar-refractivity contribution in [2.45, 2.75) is 19.3 Å². The van der Waals surface area contributed by atoms with Crippen LogP contribution in [0.5, 0.6) is 0 Å². The predicted molar refractivity (Wildman–Crippen MR) is 48.5 cm³/mol. The number of esters is 1. The molecule has 0 aromatic heterocycles. The van der Waals surface area contributed by atoms with E-state index in [2.05, 4.69) is 21.8 Å². The van der Waals surface area contributed by atoms with Gasteiger partial charge in [0.1, 0.15) is 0 Å². The van der Waals surface area contributed by atoms with Crippen LogP contribution in [-0.2, 0) is 14.3 Å². The van der Waals surface area contributed by atoms with Crippen molar-refractivity contribution in [1.29, 1.82) is 0 Å². The smallest absolute Gasteiger partial charge is 0.407 e. The maximum absolute atomic E-state index is 11.0. The van der Waals surface area contributed by atoms with E-state index in [9.17, 15) is 9.59 Å². The van der Waals surface area contributed by atoms with Gasteiger partial charge in [0.05, 0.1) is 6.61 Å². The van der Waals surface area contributed by atoms with Gasteiger partial charge in [0.2, 0.25) is 0 Å². The summed E-state index contributed by atoms with van der Waals surface area (Å²) in [6.07, 6.45) is -4.43. The average molecular weight is 219 g/mol. The van der Waals surface area contributed by atoms with Crippen LogP contribution in [0.25, 0.3) is 0 Å². The molecule has 0 spiro atoms. The van der Waals surface area contributed by atoms with E-state index in [4.69, 9.17) is 10.2 Å². The zero-order valence-electron chi connectivity index (χ0n) is 8.17. The second kappa shape index (κ2) is 5.99. The summed E-state index contributed by atoms with van der Waals surface area (Å²) in [4.78, 5) is 21.4. The molecule has 2 unspecified atom stereocenters. The third-order valence-electron chi connectivity index (χ3n) is 1.31. The van der Waals surface area contributed by atoms with E-state index < -0.39 is 31.1 Å². The first-order valence-electron chi connectivity index (χ1n) is 4.00. The van der Waals surface area contributed by atoms with Gasteiger partial charge >= 0.3 is 12.1 Å². The topological polar surface area (TPSA) is 119 Å². The molecule has 0 fully saturated rings. The summed E-state index contributed by atoms with van der Waals surface area (Å²) in [5.74, 6) is -0.867. The van der Waals surface area contributed by atoms with Crippen LogP contribution in [-0.4, -0.2) is 41.3 Å². The molecular weight excluding hydrogens is 206 g/mol. The Morgan fingerprint density at radius 3 is 2.33 bits per heavy atom. The molecule has 0 saturated carbocycles. The summed E-state index contributed by atoms with van der Waals surface area (Å²) in [7, 11) is 0. The number of rotatable bonds is 5. The lowest BCUT2D eigenvalue weighted by molar-refractivity contribution is -0.185. The molecule has 7 nitrogen and oxygen atoms in total. The SMILES string of the molecule is C=C(C)C(=O)OC(OC(N)=O)C(O)CO. The number of carbonyl (C=O) groups is 2. The van der Waals surface area contributed by atoms with E-state index in [1.54, 1.807) is 0 Å². The Morgan fingerprint density at radius 1 is 1.47 bits per heavy atom. The second-order valence-corrected chi connectivity index (χ2v) is 2.74. The predicted octanol–water partition coefficient (Wildman–Crippen LogP) is -1.12. The quantitative estimate of drug-likeness (QED) is 0.306. The minimum absolute atomic E-state index is 0.0539. The highest BCUT2D eigenvalue weighted by atomic mass is 16.7. The van der Waals surface area contributed by atoms with Gasteiger partial charge < -0.3 is 25.4 Å². The number of nitrogens with two attached hydrogens (primary N) is 1. The fraction of sp³-hybridized carbons (Fsp3) is 0.500. The number of ether oxygens (including phenoxy) is 2. The number of hydrogen-bond acceptors (Lipinski definition) is 6. The minimum Gasteiger partial charge on any atom is -0.419 e. The monoisotopic (exact) mass is 219 g/mol. The van der Waals surface area contributed by atoms with Crippen molar-refractivity contribution in [2.24, 2.45) is 5.73 Å². The molecular formula is C8H13NO6. The van der Waals surface area contributed by atoms with Gasteiger partial charge in [0.15, 0.2) is 6.10 Å². The van der Waals surface area contributed by atoms with E-state index in [1.807, 2.05) is 0 Å². The maximum atomic E-state index is 11.0. The number of aliphatic hydroxyl groups excluding tert-OH is 2. The lowest BCUT2D eigenvalue weighted by atomic mass is 10.3. The van der Waals surface area contributed by atoms with Crippen molar-refractivity contribution in [3.8, 4) is 0 Å². The first kappa shape index (κ1) is 13.4. The normalized spacial score (nSPS) is 13.8. The van der Waals surface area contributed by atoms with Crippen LogP contribution >= 0.6 is 0 Å². The van der Waals surface area contributed by atoms with Crippen molar-refractivity contribution in [2.75, 3.05) is 6.61 Å². The number of carbonyl (C=O) groups excluding carboxylic acids is 2. The highest BCUT2D eigenvalue weighted by molar-refractivity contribution is 5.87. The summed E-state index contributed by atoms with van der Waals surface area (Å²) in [6, 6.07) is 0. The van der Waals surface area contributed by atoms with Gasteiger partial charge in [-0.25, -0.2) is 9.59 Å². The zero-order valence-corrected chi connectivity index (χ0v) is 8.17. The van der Waals surface area contributed by atoms with E-state index in [0.29, 0.717) is 0 Å². The molecule has 0 aliphatic heterocycles. The molecule has 0 radical (unpaired) electrons. The largest absolute Gasteiger partial charge is 0.419 e. The number of amides is 1. The van der Waals surface area contributed by atoms with Crippen molar-refractivity contribution in [1.82, 2.24) is 0 Å². The third kappa shape index (κ3) is 4.99. The molecule has 4 N–H and O–H groups in total. The molecule has 0 heterocycles. The third-order valence-corrected chi connectivity index (χ3v) is 1.31. The number of aliphatic hydroxyl groups is 2. The molecule has 0 aliphatic rings. The van der Waals surface area contributed by atoms with Crippen molar-refractivity contribution >= 4 is 12.1 Å². The Balaban J connectivity index is 4.43. The average Bonchev–Trinajstić information content (AvgIpc) is 2.14. The maximum Gasteiger partial charge on any atom is 0.407 e. The van der Waals surface area contributed by atoms with Crippen LogP contribution < -0.4 is 5.73 Å². The van der Waals surface area contributed by atoms with Crippen molar-refractivity contribution in [3.05, 3.63) is 12.2 Å². The van der Waals surface area contributed by atoms with Crippen LogP contribution in [0.15, 0.2) is 12.2 Å². The van der Waals surface area contributed by atoms with E-state index in [-0.39, 0.29) is 5.57 Å². The van der Waals surface area contributed by atoms with Gasteiger partial charge in [-0.15, -0.1) is 0 Å².